The summed E-state index contributed by atoms with van der Waals surface area (Å²) in [5.74, 6) is -0.174. The van der Waals surface area contributed by atoms with Crippen molar-refractivity contribution in [3.63, 3.8) is 0 Å². The highest BCUT2D eigenvalue weighted by Crippen LogP contribution is 2.17. The first-order chi connectivity index (χ1) is 8.42. The van der Waals surface area contributed by atoms with Gasteiger partial charge in [0, 0.05) is 13.6 Å². The lowest BCUT2D eigenvalue weighted by Gasteiger charge is -2.13. The number of nitrogens with zero attached hydrogens (tertiary/aromatic N) is 1. The zero-order valence-electron chi connectivity index (χ0n) is 10.4. The first kappa shape index (κ1) is 13.0. The molecule has 2 rings (SSSR count). The highest BCUT2D eigenvalue weighted by atomic mass is 32.2. The largest absolute Gasteiger partial charge is 0.344 e. The molecule has 6 heteroatoms. The lowest BCUT2D eigenvalue weighted by atomic mass is 10.2. The van der Waals surface area contributed by atoms with Crippen molar-refractivity contribution < 1.29 is 13.2 Å². The number of carbonyl (C=O) groups excluding carboxylic acids is 1. The SMILES string of the molecule is Cc1ccccc1S(=O)(=O)NC1CCN(C)C1=O. The van der Waals surface area contributed by atoms with Crippen molar-refractivity contribution in [2.24, 2.45) is 0 Å². The average Bonchev–Trinajstić information content (AvgIpc) is 2.61. The Balaban J connectivity index is 2.24. The summed E-state index contributed by atoms with van der Waals surface area (Å²) in [5.41, 5.74) is 0.670. The molecule has 1 aliphatic rings. The summed E-state index contributed by atoms with van der Waals surface area (Å²) in [6.45, 7) is 2.32. The third-order valence-corrected chi connectivity index (χ3v) is 4.74. The number of benzene rings is 1. The second-order valence-electron chi connectivity index (χ2n) is 4.49. The molecule has 1 N–H and O–H groups in total. The molecule has 1 atom stereocenters. The molecular weight excluding hydrogens is 252 g/mol. The van der Waals surface area contributed by atoms with Crippen molar-refractivity contribution in [1.29, 1.82) is 0 Å². The summed E-state index contributed by atoms with van der Waals surface area (Å²) in [5, 5.41) is 0. The van der Waals surface area contributed by atoms with Gasteiger partial charge in [-0.2, -0.15) is 4.72 Å². The van der Waals surface area contributed by atoms with E-state index < -0.39 is 16.1 Å². The van der Waals surface area contributed by atoms with E-state index in [1.54, 1.807) is 38.2 Å². The van der Waals surface area contributed by atoms with Crippen molar-refractivity contribution in [2.45, 2.75) is 24.3 Å². The molecule has 1 fully saturated rings. The third-order valence-electron chi connectivity index (χ3n) is 3.11. The van der Waals surface area contributed by atoms with Gasteiger partial charge in [0.05, 0.1) is 4.90 Å². The fraction of sp³-hybridized carbons (Fsp3) is 0.417. The van der Waals surface area contributed by atoms with Crippen LogP contribution in [0.3, 0.4) is 0 Å². The topological polar surface area (TPSA) is 66.5 Å². The maximum Gasteiger partial charge on any atom is 0.241 e. The molecule has 98 valence electrons. The van der Waals surface area contributed by atoms with E-state index in [0.717, 1.165) is 0 Å². The van der Waals surface area contributed by atoms with E-state index in [4.69, 9.17) is 0 Å². The Morgan fingerprint density at radius 1 is 1.33 bits per heavy atom. The van der Waals surface area contributed by atoms with Crippen LogP contribution in [0.15, 0.2) is 29.2 Å². The zero-order valence-corrected chi connectivity index (χ0v) is 11.2. The highest BCUT2D eigenvalue weighted by Gasteiger charge is 2.33. The number of nitrogens with one attached hydrogen (secondary N) is 1. The Kier molecular flexibility index (Phi) is 3.41. The summed E-state index contributed by atoms with van der Waals surface area (Å²) in [7, 11) is -1.96. The maximum absolute atomic E-state index is 12.2. The van der Waals surface area contributed by atoms with Crippen LogP contribution in [0.5, 0.6) is 0 Å². The number of likely N-dealkylation sites (N-methyl/N-ethyl adjacent to an activating group) is 1. The van der Waals surface area contributed by atoms with Crippen molar-refractivity contribution in [3.05, 3.63) is 29.8 Å². The van der Waals surface area contributed by atoms with Crippen LogP contribution in [0, 0.1) is 6.92 Å². The van der Waals surface area contributed by atoms with Crippen LogP contribution in [-0.2, 0) is 14.8 Å². The lowest BCUT2D eigenvalue weighted by Crippen LogP contribution is -2.40. The van der Waals surface area contributed by atoms with Crippen LogP contribution in [0.4, 0.5) is 0 Å². The van der Waals surface area contributed by atoms with E-state index in [0.29, 0.717) is 18.5 Å². The van der Waals surface area contributed by atoms with Crippen molar-refractivity contribution >= 4 is 15.9 Å². The predicted molar refractivity (Wildman–Crippen MR) is 67.5 cm³/mol. The van der Waals surface area contributed by atoms with E-state index in [2.05, 4.69) is 4.72 Å². The van der Waals surface area contributed by atoms with Gasteiger partial charge in [-0.3, -0.25) is 4.79 Å². The Hall–Kier alpha value is -1.40. The average molecular weight is 268 g/mol. The molecule has 1 unspecified atom stereocenters. The Morgan fingerprint density at radius 2 is 2.00 bits per heavy atom. The first-order valence-corrected chi connectivity index (χ1v) is 7.23. The minimum absolute atomic E-state index is 0.174. The number of likely N-dealkylation sites (tertiary alicyclic amines) is 1. The Morgan fingerprint density at radius 3 is 2.56 bits per heavy atom. The molecule has 1 amide bonds. The van der Waals surface area contributed by atoms with E-state index in [-0.39, 0.29) is 10.8 Å². The van der Waals surface area contributed by atoms with Crippen molar-refractivity contribution in [2.75, 3.05) is 13.6 Å². The molecule has 1 heterocycles. The summed E-state index contributed by atoms with van der Waals surface area (Å²) in [6.07, 6.45) is 0.514. The Bertz CT molecular complexity index is 568. The molecule has 1 aromatic carbocycles. The van der Waals surface area contributed by atoms with E-state index in [1.807, 2.05) is 0 Å². The van der Waals surface area contributed by atoms with Gasteiger partial charge in [0.25, 0.3) is 0 Å². The molecule has 1 aromatic rings. The predicted octanol–water partition coefficient (Wildman–Crippen LogP) is 0.504. The number of hydrogen-bond donors (Lipinski definition) is 1. The van der Waals surface area contributed by atoms with E-state index in [9.17, 15) is 13.2 Å². The highest BCUT2D eigenvalue weighted by molar-refractivity contribution is 7.89. The maximum atomic E-state index is 12.2. The monoisotopic (exact) mass is 268 g/mol. The molecule has 0 radical (unpaired) electrons. The van der Waals surface area contributed by atoms with Gasteiger partial charge < -0.3 is 4.90 Å². The summed E-state index contributed by atoms with van der Waals surface area (Å²) in [6, 6.07) is 6.09. The van der Waals surface area contributed by atoms with Crippen LogP contribution in [0.1, 0.15) is 12.0 Å². The van der Waals surface area contributed by atoms with Crippen LogP contribution in [-0.4, -0.2) is 38.9 Å². The van der Waals surface area contributed by atoms with Gasteiger partial charge >= 0.3 is 0 Å². The smallest absolute Gasteiger partial charge is 0.241 e. The van der Waals surface area contributed by atoms with Crippen molar-refractivity contribution in [3.8, 4) is 0 Å². The first-order valence-electron chi connectivity index (χ1n) is 5.75. The molecule has 0 aromatic heterocycles. The van der Waals surface area contributed by atoms with Gasteiger partial charge in [0.1, 0.15) is 6.04 Å². The summed E-state index contributed by atoms with van der Waals surface area (Å²) in [4.78, 5) is 13.5. The van der Waals surface area contributed by atoms with E-state index in [1.165, 1.54) is 4.90 Å². The molecular formula is C12H16N2O3S. The molecule has 0 bridgehead atoms. The van der Waals surface area contributed by atoms with E-state index >= 15 is 0 Å². The van der Waals surface area contributed by atoms with Gasteiger partial charge in [-0.1, -0.05) is 18.2 Å². The standard InChI is InChI=1S/C12H16N2O3S/c1-9-5-3-4-6-11(9)18(16,17)13-10-7-8-14(2)12(10)15/h3-6,10,13H,7-8H2,1-2H3. The third kappa shape index (κ3) is 2.39. The molecule has 0 saturated carbocycles. The summed E-state index contributed by atoms with van der Waals surface area (Å²) < 4.78 is 26.8. The molecule has 0 spiro atoms. The lowest BCUT2D eigenvalue weighted by molar-refractivity contribution is -0.127. The van der Waals surface area contributed by atoms with Gasteiger partial charge in [-0.15, -0.1) is 0 Å². The van der Waals surface area contributed by atoms with Crippen LogP contribution < -0.4 is 4.72 Å². The number of rotatable bonds is 3. The van der Waals surface area contributed by atoms with Crippen molar-refractivity contribution in [1.82, 2.24) is 9.62 Å². The fourth-order valence-electron chi connectivity index (χ4n) is 2.04. The second kappa shape index (κ2) is 4.70. The molecule has 1 saturated heterocycles. The van der Waals surface area contributed by atoms with Crippen LogP contribution >= 0.6 is 0 Å². The number of amides is 1. The van der Waals surface area contributed by atoms with Gasteiger partial charge in [0.15, 0.2) is 0 Å². The Labute approximate surface area is 107 Å². The zero-order chi connectivity index (χ0) is 13.3. The number of sulfonamides is 1. The minimum atomic E-state index is -3.63. The molecule has 18 heavy (non-hydrogen) atoms. The summed E-state index contributed by atoms with van der Waals surface area (Å²) >= 11 is 0. The van der Waals surface area contributed by atoms with Crippen LogP contribution in [0.25, 0.3) is 0 Å². The van der Waals surface area contributed by atoms with Crippen LogP contribution in [0.2, 0.25) is 0 Å². The molecule has 1 aliphatic heterocycles. The quantitative estimate of drug-likeness (QED) is 0.868. The number of carbonyl (C=O) groups is 1. The normalized spacial score (nSPS) is 20.4. The van der Waals surface area contributed by atoms with Gasteiger partial charge in [0.2, 0.25) is 15.9 Å². The second-order valence-corrected chi connectivity index (χ2v) is 6.17. The molecule has 5 nitrogen and oxygen atoms in total. The molecule has 0 aliphatic carbocycles. The minimum Gasteiger partial charge on any atom is -0.344 e. The number of aryl methyl sites for hydroxylation is 1. The van der Waals surface area contributed by atoms with Gasteiger partial charge in [-0.25, -0.2) is 8.42 Å². The number of hydrogen-bond acceptors (Lipinski definition) is 3. The fourth-order valence-corrected chi connectivity index (χ4v) is 3.51. The van der Waals surface area contributed by atoms with Gasteiger partial charge in [-0.05, 0) is 25.0 Å².